The smallest absolute Gasteiger partial charge is 0.0702 e. The molecule has 0 saturated heterocycles. The van der Waals surface area contributed by atoms with E-state index in [1.165, 1.54) is 5.56 Å². The number of hydrogen-bond acceptors (Lipinski definition) is 2. The molecule has 1 aromatic rings. The fourth-order valence-corrected chi connectivity index (χ4v) is 1.86. The first-order valence-electron chi connectivity index (χ1n) is 5.47. The van der Waals surface area contributed by atoms with E-state index >= 15 is 0 Å². The van der Waals surface area contributed by atoms with E-state index in [4.69, 9.17) is 0 Å². The van der Waals surface area contributed by atoms with Crippen molar-refractivity contribution in [2.24, 2.45) is 0 Å². The highest BCUT2D eigenvalue weighted by molar-refractivity contribution is 5.35. The van der Waals surface area contributed by atoms with Crippen molar-refractivity contribution in [3.8, 4) is 0 Å². The highest BCUT2D eigenvalue weighted by atomic mass is 16.3. The second-order valence-corrected chi connectivity index (χ2v) is 5.29. The molecule has 0 amide bonds. The van der Waals surface area contributed by atoms with Crippen LogP contribution in [0.25, 0.3) is 0 Å². The molecule has 0 aliphatic carbocycles. The second kappa shape index (κ2) is 4.31. The van der Waals surface area contributed by atoms with E-state index in [9.17, 15) is 5.11 Å². The van der Waals surface area contributed by atoms with Gasteiger partial charge in [0, 0.05) is 17.2 Å². The number of aliphatic hydroxyl groups is 1. The molecule has 0 spiro atoms. The lowest BCUT2D eigenvalue weighted by atomic mass is 9.85. The number of pyridine rings is 1. The molecule has 1 heterocycles. The number of aromatic nitrogens is 1. The van der Waals surface area contributed by atoms with Crippen LogP contribution in [-0.2, 0) is 12.0 Å². The lowest BCUT2D eigenvalue weighted by Crippen LogP contribution is -2.18. The van der Waals surface area contributed by atoms with Crippen LogP contribution in [-0.4, -0.2) is 10.1 Å². The maximum Gasteiger partial charge on any atom is 0.0702 e. The Morgan fingerprint density at radius 1 is 1.33 bits per heavy atom. The average molecular weight is 207 g/mol. The van der Waals surface area contributed by atoms with Crippen molar-refractivity contribution >= 4 is 0 Å². The van der Waals surface area contributed by atoms with Gasteiger partial charge in [-0.25, -0.2) is 0 Å². The molecule has 1 aromatic heterocycles. The van der Waals surface area contributed by atoms with Gasteiger partial charge in [-0.05, 0) is 17.5 Å². The molecular weight excluding hydrogens is 186 g/mol. The van der Waals surface area contributed by atoms with Crippen LogP contribution >= 0.6 is 0 Å². The Balaban J connectivity index is 3.35. The molecule has 0 aliphatic rings. The van der Waals surface area contributed by atoms with Gasteiger partial charge in [-0.2, -0.15) is 0 Å². The Labute approximate surface area is 92.4 Å². The van der Waals surface area contributed by atoms with Crippen molar-refractivity contribution in [2.45, 2.75) is 52.6 Å². The van der Waals surface area contributed by atoms with E-state index in [1.807, 2.05) is 12.3 Å². The highest BCUT2D eigenvalue weighted by Gasteiger charge is 2.21. The predicted octanol–water partition coefficient (Wildman–Crippen LogP) is 2.99. The predicted molar refractivity (Wildman–Crippen MR) is 62.9 cm³/mol. The number of nitrogens with zero attached hydrogens (tertiary/aromatic N) is 1. The van der Waals surface area contributed by atoms with Gasteiger partial charge in [0.25, 0.3) is 0 Å². The third-order valence-corrected chi connectivity index (χ3v) is 2.58. The largest absolute Gasteiger partial charge is 0.392 e. The molecule has 2 nitrogen and oxygen atoms in total. The van der Waals surface area contributed by atoms with Crippen LogP contribution < -0.4 is 0 Å². The topological polar surface area (TPSA) is 33.1 Å². The summed E-state index contributed by atoms with van der Waals surface area (Å²) in [5.41, 5.74) is 3.21. The molecule has 0 aliphatic heterocycles. The molecule has 2 heteroatoms. The van der Waals surface area contributed by atoms with Crippen molar-refractivity contribution in [1.82, 2.24) is 4.98 Å². The standard InChI is InChI=1S/C13H21NO/c1-9(2)10-6-7-14-12(11(10)8-15)13(3,4)5/h6-7,9,15H,8H2,1-5H3. The zero-order valence-electron chi connectivity index (χ0n) is 10.3. The fraction of sp³-hybridized carbons (Fsp3) is 0.615. The van der Waals surface area contributed by atoms with Gasteiger partial charge in [-0.15, -0.1) is 0 Å². The molecule has 1 N–H and O–H groups in total. The summed E-state index contributed by atoms with van der Waals surface area (Å²) in [5, 5.41) is 9.47. The molecule has 0 bridgehead atoms. The minimum absolute atomic E-state index is 0.0109. The Kier molecular flexibility index (Phi) is 3.50. The van der Waals surface area contributed by atoms with Gasteiger partial charge in [0.15, 0.2) is 0 Å². The molecule has 0 unspecified atom stereocenters. The van der Waals surface area contributed by atoms with Crippen LogP contribution in [0.4, 0.5) is 0 Å². The summed E-state index contributed by atoms with van der Waals surface area (Å²) < 4.78 is 0. The van der Waals surface area contributed by atoms with E-state index in [1.54, 1.807) is 0 Å². The minimum atomic E-state index is -0.0109. The molecular formula is C13H21NO. The maximum atomic E-state index is 9.47. The van der Waals surface area contributed by atoms with Crippen molar-refractivity contribution < 1.29 is 5.11 Å². The van der Waals surface area contributed by atoms with Crippen LogP contribution in [0.2, 0.25) is 0 Å². The first kappa shape index (κ1) is 12.2. The van der Waals surface area contributed by atoms with E-state index in [2.05, 4.69) is 39.6 Å². The summed E-state index contributed by atoms with van der Waals surface area (Å²) in [6.07, 6.45) is 1.84. The summed E-state index contributed by atoms with van der Waals surface area (Å²) in [7, 11) is 0. The quantitative estimate of drug-likeness (QED) is 0.808. The minimum Gasteiger partial charge on any atom is -0.392 e. The molecule has 0 aromatic carbocycles. The first-order chi connectivity index (χ1) is 6.88. The number of hydrogen-bond donors (Lipinski definition) is 1. The zero-order chi connectivity index (χ0) is 11.6. The fourth-order valence-electron chi connectivity index (χ4n) is 1.86. The van der Waals surface area contributed by atoms with E-state index in [0.29, 0.717) is 5.92 Å². The van der Waals surface area contributed by atoms with Crippen molar-refractivity contribution in [2.75, 3.05) is 0 Å². The number of rotatable bonds is 2. The van der Waals surface area contributed by atoms with E-state index < -0.39 is 0 Å². The van der Waals surface area contributed by atoms with Gasteiger partial charge in [-0.1, -0.05) is 34.6 Å². The lowest BCUT2D eigenvalue weighted by Gasteiger charge is -2.23. The van der Waals surface area contributed by atoms with Gasteiger partial charge in [0.1, 0.15) is 0 Å². The maximum absolute atomic E-state index is 9.47. The molecule has 84 valence electrons. The lowest BCUT2D eigenvalue weighted by molar-refractivity contribution is 0.275. The van der Waals surface area contributed by atoms with Crippen LogP contribution in [0.3, 0.4) is 0 Å². The molecule has 0 atom stereocenters. The third kappa shape index (κ3) is 2.57. The van der Waals surface area contributed by atoms with Crippen LogP contribution in [0, 0.1) is 0 Å². The molecule has 15 heavy (non-hydrogen) atoms. The van der Waals surface area contributed by atoms with Gasteiger partial charge in [0.2, 0.25) is 0 Å². The van der Waals surface area contributed by atoms with E-state index in [-0.39, 0.29) is 12.0 Å². The summed E-state index contributed by atoms with van der Waals surface area (Å²) in [6, 6.07) is 2.01. The first-order valence-corrected chi connectivity index (χ1v) is 5.47. The molecule has 0 radical (unpaired) electrons. The van der Waals surface area contributed by atoms with Gasteiger partial charge >= 0.3 is 0 Å². The third-order valence-electron chi connectivity index (χ3n) is 2.58. The molecule has 0 saturated carbocycles. The zero-order valence-corrected chi connectivity index (χ0v) is 10.3. The van der Waals surface area contributed by atoms with Crippen molar-refractivity contribution in [3.05, 3.63) is 29.1 Å². The normalized spacial score (nSPS) is 12.2. The van der Waals surface area contributed by atoms with Crippen LogP contribution in [0.1, 0.15) is 57.4 Å². The Hall–Kier alpha value is -0.890. The molecule has 0 fully saturated rings. The molecule has 1 rings (SSSR count). The SMILES string of the molecule is CC(C)c1ccnc(C(C)(C)C)c1CO. The van der Waals surface area contributed by atoms with Gasteiger partial charge < -0.3 is 5.11 Å². The average Bonchev–Trinajstić information content (AvgIpc) is 2.15. The van der Waals surface area contributed by atoms with Crippen LogP contribution in [0.15, 0.2) is 12.3 Å². The Morgan fingerprint density at radius 2 is 1.93 bits per heavy atom. The van der Waals surface area contributed by atoms with Crippen molar-refractivity contribution in [3.63, 3.8) is 0 Å². The Morgan fingerprint density at radius 3 is 2.33 bits per heavy atom. The second-order valence-electron chi connectivity index (χ2n) is 5.29. The Bertz CT molecular complexity index is 337. The summed E-state index contributed by atoms with van der Waals surface area (Å²) >= 11 is 0. The van der Waals surface area contributed by atoms with Gasteiger partial charge in [0.05, 0.1) is 12.3 Å². The van der Waals surface area contributed by atoms with Crippen LogP contribution in [0.5, 0.6) is 0 Å². The summed E-state index contributed by atoms with van der Waals surface area (Å²) in [6.45, 7) is 10.7. The number of aliphatic hydroxyl groups excluding tert-OH is 1. The summed E-state index contributed by atoms with van der Waals surface area (Å²) in [4.78, 5) is 4.40. The highest BCUT2D eigenvalue weighted by Crippen LogP contribution is 2.29. The summed E-state index contributed by atoms with van der Waals surface area (Å²) in [5.74, 6) is 0.427. The van der Waals surface area contributed by atoms with Gasteiger partial charge in [-0.3, -0.25) is 4.98 Å². The monoisotopic (exact) mass is 207 g/mol. The van der Waals surface area contributed by atoms with Crippen molar-refractivity contribution in [1.29, 1.82) is 0 Å². The van der Waals surface area contributed by atoms with E-state index in [0.717, 1.165) is 11.3 Å².